The molecule has 0 aliphatic heterocycles. The van der Waals surface area contributed by atoms with Gasteiger partial charge in [0.2, 0.25) is 0 Å². The molecule has 1 atom stereocenters. The van der Waals surface area contributed by atoms with Crippen LogP contribution < -0.4 is 5.32 Å². The Kier molecular flexibility index (Phi) is 4.85. The van der Waals surface area contributed by atoms with Crippen LogP contribution in [0.1, 0.15) is 36.6 Å². The first kappa shape index (κ1) is 13.4. The third-order valence-electron chi connectivity index (χ3n) is 2.69. The van der Waals surface area contributed by atoms with E-state index in [0.29, 0.717) is 17.9 Å². The predicted molar refractivity (Wildman–Crippen MR) is 65.6 cm³/mol. The highest BCUT2D eigenvalue weighted by Gasteiger charge is 2.11. The van der Waals surface area contributed by atoms with Gasteiger partial charge < -0.3 is 10.4 Å². The number of hydrogen-bond acceptors (Lipinski definition) is 5. The topological polar surface area (TPSA) is 81.8 Å². The molecule has 0 aromatic carbocycles. The van der Waals surface area contributed by atoms with E-state index in [-0.39, 0.29) is 0 Å². The fourth-order valence-electron chi connectivity index (χ4n) is 1.52. The molecule has 1 rings (SSSR count). The first-order valence-corrected chi connectivity index (χ1v) is 5.76. The van der Waals surface area contributed by atoms with Crippen LogP contribution >= 0.6 is 0 Å². The molecule has 0 bridgehead atoms. The lowest BCUT2D eigenvalue weighted by atomic mass is 10.1. The smallest absolute Gasteiger partial charge is 0.167 e. The number of nitrogens with zero attached hydrogens (tertiary/aromatic N) is 3. The second-order valence-electron chi connectivity index (χ2n) is 4.07. The molecule has 0 amide bonds. The molecular formula is C12H18N4O. The summed E-state index contributed by atoms with van der Waals surface area (Å²) in [6.45, 7) is 6.06. The Bertz CT molecular complexity index is 425. The second kappa shape index (κ2) is 6.16. The zero-order valence-corrected chi connectivity index (χ0v) is 10.5. The summed E-state index contributed by atoms with van der Waals surface area (Å²) in [6.07, 6.45) is 1.23. The molecule has 0 aliphatic carbocycles. The van der Waals surface area contributed by atoms with Gasteiger partial charge in [-0.2, -0.15) is 10.4 Å². The number of anilines is 1. The molecule has 1 heterocycles. The van der Waals surface area contributed by atoms with E-state index in [4.69, 9.17) is 5.26 Å². The fourth-order valence-corrected chi connectivity index (χ4v) is 1.52. The van der Waals surface area contributed by atoms with Crippen molar-refractivity contribution in [2.75, 3.05) is 11.9 Å². The molecule has 0 saturated heterocycles. The maximum atomic E-state index is 9.60. The molecule has 17 heavy (non-hydrogen) atoms. The summed E-state index contributed by atoms with van der Waals surface area (Å²) >= 11 is 0. The molecule has 1 aromatic rings. The van der Waals surface area contributed by atoms with E-state index in [2.05, 4.69) is 21.6 Å². The first-order valence-electron chi connectivity index (χ1n) is 5.76. The fraction of sp³-hybridized carbons (Fsp3) is 0.583. The lowest BCUT2D eigenvalue weighted by Crippen LogP contribution is -2.20. The molecule has 1 aromatic heterocycles. The van der Waals surface area contributed by atoms with Gasteiger partial charge in [0.05, 0.1) is 11.8 Å². The van der Waals surface area contributed by atoms with Gasteiger partial charge in [0.25, 0.3) is 0 Å². The molecule has 92 valence electrons. The zero-order chi connectivity index (χ0) is 12.8. The van der Waals surface area contributed by atoms with Crippen molar-refractivity contribution in [2.45, 2.75) is 39.7 Å². The SMILES string of the molecule is CCCC(O)CNc1nnc(C)c(C)c1C#N. The van der Waals surface area contributed by atoms with Crippen LogP contribution in [-0.4, -0.2) is 28.0 Å². The molecule has 0 radical (unpaired) electrons. The maximum Gasteiger partial charge on any atom is 0.167 e. The Hall–Kier alpha value is -1.67. The molecule has 5 nitrogen and oxygen atoms in total. The van der Waals surface area contributed by atoms with E-state index >= 15 is 0 Å². The summed E-state index contributed by atoms with van der Waals surface area (Å²) in [5.41, 5.74) is 2.08. The summed E-state index contributed by atoms with van der Waals surface area (Å²) in [6, 6.07) is 2.11. The van der Waals surface area contributed by atoms with Crippen LogP contribution in [-0.2, 0) is 0 Å². The second-order valence-corrected chi connectivity index (χ2v) is 4.07. The largest absolute Gasteiger partial charge is 0.391 e. The maximum absolute atomic E-state index is 9.60. The number of nitrogens with one attached hydrogen (secondary N) is 1. The number of aryl methyl sites for hydroxylation is 1. The van der Waals surface area contributed by atoms with Crippen LogP contribution in [0, 0.1) is 25.2 Å². The van der Waals surface area contributed by atoms with Crippen LogP contribution in [0.4, 0.5) is 5.82 Å². The van der Waals surface area contributed by atoms with Gasteiger partial charge in [0.15, 0.2) is 5.82 Å². The van der Waals surface area contributed by atoms with Gasteiger partial charge in [0, 0.05) is 6.54 Å². The van der Waals surface area contributed by atoms with Crippen molar-refractivity contribution >= 4 is 5.82 Å². The highest BCUT2D eigenvalue weighted by molar-refractivity contribution is 5.55. The monoisotopic (exact) mass is 234 g/mol. The Balaban J connectivity index is 2.79. The molecule has 0 fully saturated rings. The van der Waals surface area contributed by atoms with Gasteiger partial charge in [-0.1, -0.05) is 13.3 Å². The Morgan fingerprint density at radius 1 is 1.41 bits per heavy atom. The van der Waals surface area contributed by atoms with Gasteiger partial charge in [-0.15, -0.1) is 5.10 Å². The highest BCUT2D eigenvalue weighted by atomic mass is 16.3. The molecule has 0 spiro atoms. The van der Waals surface area contributed by atoms with Crippen molar-refractivity contribution in [3.63, 3.8) is 0 Å². The van der Waals surface area contributed by atoms with Crippen molar-refractivity contribution in [3.05, 3.63) is 16.8 Å². The Morgan fingerprint density at radius 2 is 2.12 bits per heavy atom. The minimum absolute atomic E-state index is 0.389. The highest BCUT2D eigenvalue weighted by Crippen LogP contribution is 2.17. The number of nitriles is 1. The number of rotatable bonds is 5. The van der Waals surface area contributed by atoms with E-state index in [9.17, 15) is 5.11 Å². The van der Waals surface area contributed by atoms with Gasteiger partial charge in [0.1, 0.15) is 11.6 Å². The van der Waals surface area contributed by atoms with Gasteiger partial charge in [-0.05, 0) is 25.8 Å². The number of aliphatic hydroxyl groups excluding tert-OH is 1. The van der Waals surface area contributed by atoms with Gasteiger partial charge >= 0.3 is 0 Å². The minimum atomic E-state index is -0.421. The van der Waals surface area contributed by atoms with E-state index < -0.39 is 6.10 Å². The third-order valence-corrected chi connectivity index (χ3v) is 2.69. The van der Waals surface area contributed by atoms with Crippen molar-refractivity contribution in [3.8, 4) is 6.07 Å². The van der Waals surface area contributed by atoms with Gasteiger partial charge in [-0.3, -0.25) is 0 Å². The minimum Gasteiger partial charge on any atom is -0.391 e. The van der Waals surface area contributed by atoms with Crippen molar-refractivity contribution in [2.24, 2.45) is 0 Å². The number of aromatic nitrogens is 2. The average Bonchev–Trinajstić information content (AvgIpc) is 2.31. The Morgan fingerprint density at radius 3 is 2.71 bits per heavy atom. The van der Waals surface area contributed by atoms with E-state index in [1.165, 1.54) is 0 Å². The summed E-state index contributed by atoms with van der Waals surface area (Å²) in [5, 5.41) is 29.6. The lowest BCUT2D eigenvalue weighted by Gasteiger charge is -2.12. The first-order chi connectivity index (χ1) is 8.10. The van der Waals surface area contributed by atoms with Crippen LogP contribution in [0.2, 0.25) is 0 Å². The summed E-state index contributed by atoms with van der Waals surface area (Å²) in [4.78, 5) is 0. The van der Waals surface area contributed by atoms with Crippen LogP contribution in [0.15, 0.2) is 0 Å². The zero-order valence-electron chi connectivity index (χ0n) is 10.5. The molecule has 0 saturated carbocycles. The van der Waals surface area contributed by atoms with Crippen molar-refractivity contribution < 1.29 is 5.11 Å². The third kappa shape index (κ3) is 3.40. The van der Waals surface area contributed by atoms with Crippen LogP contribution in [0.3, 0.4) is 0 Å². The quantitative estimate of drug-likeness (QED) is 0.807. The molecule has 2 N–H and O–H groups in total. The van der Waals surface area contributed by atoms with E-state index in [1.54, 1.807) is 0 Å². The van der Waals surface area contributed by atoms with Crippen LogP contribution in [0.25, 0.3) is 0 Å². The normalized spacial score (nSPS) is 11.9. The van der Waals surface area contributed by atoms with Crippen molar-refractivity contribution in [1.29, 1.82) is 5.26 Å². The van der Waals surface area contributed by atoms with Crippen molar-refractivity contribution in [1.82, 2.24) is 10.2 Å². The molecule has 1 unspecified atom stereocenters. The number of hydrogen-bond donors (Lipinski definition) is 2. The molecule has 5 heteroatoms. The summed E-state index contributed by atoms with van der Waals surface area (Å²) in [5.74, 6) is 0.450. The van der Waals surface area contributed by atoms with E-state index in [1.807, 2.05) is 20.8 Å². The standard InChI is InChI=1S/C12H18N4O/c1-4-5-10(17)7-14-12-11(6-13)8(2)9(3)15-16-12/h10,17H,4-5,7H2,1-3H3,(H,14,16). The Labute approximate surface area is 101 Å². The molecular weight excluding hydrogens is 216 g/mol. The summed E-state index contributed by atoms with van der Waals surface area (Å²) < 4.78 is 0. The van der Waals surface area contributed by atoms with Gasteiger partial charge in [-0.25, -0.2) is 0 Å². The lowest BCUT2D eigenvalue weighted by molar-refractivity contribution is 0.176. The molecule has 0 aliphatic rings. The number of aliphatic hydroxyl groups is 1. The average molecular weight is 234 g/mol. The van der Waals surface area contributed by atoms with E-state index in [0.717, 1.165) is 24.1 Å². The predicted octanol–water partition coefficient (Wildman–Crippen LogP) is 1.54. The van der Waals surface area contributed by atoms with Crippen LogP contribution in [0.5, 0.6) is 0 Å². The summed E-state index contributed by atoms with van der Waals surface area (Å²) in [7, 11) is 0.